The zero-order valence-electron chi connectivity index (χ0n) is 12.0. The summed E-state index contributed by atoms with van der Waals surface area (Å²) in [5.41, 5.74) is 0.540. The Morgan fingerprint density at radius 1 is 1.39 bits per heavy atom. The Hall–Kier alpha value is -2.73. The molecule has 7 heteroatoms. The van der Waals surface area contributed by atoms with Crippen LogP contribution in [0.5, 0.6) is 5.75 Å². The number of ether oxygens (including phenoxy) is 1. The fourth-order valence-electron chi connectivity index (χ4n) is 2.13. The molecule has 1 N–H and O–H groups in total. The summed E-state index contributed by atoms with van der Waals surface area (Å²) in [5, 5.41) is 9.39. The van der Waals surface area contributed by atoms with E-state index in [9.17, 15) is 9.59 Å². The molecular formula is C16H11ClO6. The van der Waals surface area contributed by atoms with Crippen molar-refractivity contribution in [2.45, 2.75) is 6.92 Å². The van der Waals surface area contributed by atoms with E-state index in [0.717, 1.165) is 5.56 Å². The van der Waals surface area contributed by atoms with E-state index < -0.39 is 18.0 Å². The molecule has 0 saturated carbocycles. The fraction of sp³-hybridized carbons (Fsp3) is 0.125. The molecule has 0 spiro atoms. The highest BCUT2D eigenvalue weighted by molar-refractivity contribution is 6.32. The lowest BCUT2D eigenvalue weighted by molar-refractivity contribution is -0.139. The first-order chi connectivity index (χ1) is 11.0. The van der Waals surface area contributed by atoms with Crippen LogP contribution in [0.15, 0.2) is 44.2 Å². The number of rotatable bonds is 4. The van der Waals surface area contributed by atoms with Crippen molar-refractivity contribution < 1.29 is 23.5 Å². The third kappa shape index (κ3) is 2.80. The van der Waals surface area contributed by atoms with Gasteiger partial charge in [0.15, 0.2) is 12.4 Å². The number of hydrogen-bond donors (Lipinski definition) is 1. The van der Waals surface area contributed by atoms with Crippen molar-refractivity contribution in [3.8, 4) is 17.3 Å². The van der Waals surface area contributed by atoms with Crippen molar-refractivity contribution in [2.24, 2.45) is 0 Å². The van der Waals surface area contributed by atoms with E-state index in [0.29, 0.717) is 10.6 Å². The number of aryl methyl sites for hydroxylation is 1. The second-order valence-electron chi connectivity index (χ2n) is 4.85. The Morgan fingerprint density at radius 3 is 2.83 bits per heavy atom. The van der Waals surface area contributed by atoms with Crippen molar-refractivity contribution in [2.75, 3.05) is 6.61 Å². The number of benzene rings is 1. The number of hydrogen-bond acceptors (Lipinski definition) is 5. The SMILES string of the molecule is Cc1cc2oc(-c3ccco3)c(OCC(=O)O)c(=O)c2cc1Cl. The lowest BCUT2D eigenvalue weighted by Gasteiger charge is -2.09. The second kappa shape index (κ2) is 5.81. The van der Waals surface area contributed by atoms with Gasteiger partial charge in [0.25, 0.3) is 0 Å². The Bertz CT molecular complexity index is 939. The predicted octanol–water partition coefficient (Wildman–Crippen LogP) is 3.48. The maximum atomic E-state index is 12.6. The number of aliphatic carboxylic acids is 1. The molecule has 3 aromatic rings. The van der Waals surface area contributed by atoms with E-state index >= 15 is 0 Å². The predicted molar refractivity (Wildman–Crippen MR) is 83.1 cm³/mol. The minimum absolute atomic E-state index is 0.0375. The fourth-order valence-corrected chi connectivity index (χ4v) is 2.30. The van der Waals surface area contributed by atoms with E-state index in [1.165, 1.54) is 12.3 Å². The van der Waals surface area contributed by atoms with E-state index in [2.05, 4.69) is 0 Å². The quantitative estimate of drug-likeness (QED) is 0.785. The number of halogens is 1. The lowest BCUT2D eigenvalue weighted by Crippen LogP contribution is -2.16. The number of carboxylic acids is 1. The second-order valence-corrected chi connectivity index (χ2v) is 5.25. The summed E-state index contributed by atoms with van der Waals surface area (Å²) in [6.45, 7) is 1.10. The van der Waals surface area contributed by atoms with Crippen molar-refractivity contribution >= 4 is 28.5 Å². The van der Waals surface area contributed by atoms with Crippen molar-refractivity contribution in [1.82, 2.24) is 0 Å². The van der Waals surface area contributed by atoms with E-state index in [4.69, 9.17) is 30.3 Å². The molecule has 0 aliphatic rings. The van der Waals surface area contributed by atoms with Crippen molar-refractivity contribution in [3.05, 3.63) is 51.3 Å². The van der Waals surface area contributed by atoms with Gasteiger partial charge in [-0.2, -0.15) is 0 Å². The lowest BCUT2D eigenvalue weighted by atomic mass is 10.1. The molecule has 0 fully saturated rings. The highest BCUT2D eigenvalue weighted by Gasteiger charge is 2.21. The van der Waals surface area contributed by atoms with Crippen LogP contribution in [0.25, 0.3) is 22.5 Å². The summed E-state index contributed by atoms with van der Waals surface area (Å²) < 4.78 is 16.1. The zero-order chi connectivity index (χ0) is 16.6. The Kier molecular flexibility index (Phi) is 3.83. The molecule has 6 nitrogen and oxygen atoms in total. The number of carbonyl (C=O) groups is 1. The van der Waals surface area contributed by atoms with Crippen molar-refractivity contribution in [3.63, 3.8) is 0 Å². The topological polar surface area (TPSA) is 89.9 Å². The molecule has 3 rings (SSSR count). The molecule has 1 aromatic carbocycles. The summed E-state index contributed by atoms with van der Waals surface area (Å²) in [5.74, 6) is -1.14. The molecular weight excluding hydrogens is 324 g/mol. The van der Waals surface area contributed by atoms with Crippen LogP contribution in [-0.2, 0) is 4.79 Å². The Morgan fingerprint density at radius 2 is 2.17 bits per heavy atom. The highest BCUT2D eigenvalue weighted by atomic mass is 35.5. The number of carboxylic acid groups (broad SMARTS) is 1. The summed E-state index contributed by atoms with van der Waals surface area (Å²) in [6, 6.07) is 6.30. The summed E-state index contributed by atoms with van der Waals surface area (Å²) in [4.78, 5) is 23.4. The standard InChI is InChI=1S/C16H11ClO6/c1-8-5-12-9(6-10(8)17)14(20)16(22-7-13(18)19)15(23-12)11-3-2-4-21-11/h2-6H,7H2,1H3,(H,18,19). The Labute approximate surface area is 134 Å². The highest BCUT2D eigenvalue weighted by Crippen LogP contribution is 2.32. The maximum absolute atomic E-state index is 12.6. The van der Waals surface area contributed by atoms with Crippen LogP contribution in [0.3, 0.4) is 0 Å². The number of fused-ring (bicyclic) bond motifs is 1. The molecule has 2 aromatic heterocycles. The average molecular weight is 335 g/mol. The van der Waals surface area contributed by atoms with Gasteiger partial charge in [-0.15, -0.1) is 0 Å². The van der Waals surface area contributed by atoms with Crippen LogP contribution in [0.2, 0.25) is 5.02 Å². The molecule has 2 heterocycles. The first kappa shape index (κ1) is 15.2. The van der Waals surface area contributed by atoms with E-state index in [1.807, 2.05) is 0 Å². The molecule has 0 aliphatic carbocycles. The molecule has 0 amide bonds. The van der Waals surface area contributed by atoms with Crippen LogP contribution < -0.4 is 10.2 Å². The smallest absolute Gasteiger partial charge is 0.341 e. The van der Waals surface area contributed by atoms with Crippen LogP contribution in [-0.4, -0.2) is 17.7 Å². The van der Waals surface area contributed by atoms with Gasteiger partial charge in [-0.3, -0.25) is 4.79 Å². The molecule has 23 heavy (non-hydrogen) atoms. The third-order valence-corrected chi connectivity index (χ3v) is 3.62. The van der Waals surface area contributed by atoms with Gasteiger partial charge in [0.1, 0.15) is 5.58 Å². The maximum Gasteiger partial charge on any atom is 0.341 e. The molecule has 0 aliphatic heterocycles. The molecule has 118 valence electrons. The normalized spacial score (nSPS) is 10.9. The van der Waals surface area contributed by atoms with Crippen LogP contribution in [0, 0.1) is 6.92 Å². The molecule has 0 radical (unpaired) electrons. The van der Waals surface area contributed by atoms with Crippen molar-refractivity contribution in [1.29, 1.82) is 0 Å². The molecule has 0 unspecified atom stereocenters. The monoisotopic (exact) mass is 334 g/mol. The first-order valence-corrected chi connectivity index (χ1v) is 7.00. The van der Waals surface area contributed by atoms with Crippen LogP contribution in [0.4, 0.5) is 0 Å². The third-order valence-electron chi connectivity index (χ3n) is 3.21. The van der Waals surface area contributed by atoms with Gasteiger partial charge >= 0.3 is 5.97 Å². The van der Waals surface area contributed by atoms with Gasteiger partial charge in [0, 0.05) is 5.02 Å². The van der Waals surface area contributed by atoms with Gasteiger partial charge in [0.2, 0.25) is 16.9 Å². The summed E-state index contributed by atoms with van der Waals surface area (Å²) in [7, 11) is 0. The minimum Gasteiger partial charge on any atom is -0.479 e. The van der Waals surface area contributed by atoms with Crippen LogP contribution >= 0.6 is 11.6 Å². The molecule has 0 bridgehead atoms. The minimum atomic E-state index is -1.21. The van der Waals surface area contributed by atoms with Gasteiger partial charge in [-0.1, -0.05) is 11.6 Å². The van der Waals surface area contributed by atoms with E-state index in [1.54, 1.807) is 25.1 Å². The zero-order valence-corrected chi connectivity index (χ0v) is 12.7. The van der Waals surface area contributed by atoms with Gasteiger partial charge in [0.05, 0.1) is 11.6 Å². The van der Waals surface area contributed by atoms with Crippen LogP contribution in [0.1, 0.15) is 5.56 Å². The van der Waals surface area contributed by atoms with Gasteiger partial charge < -0.3 is 18.7 Å². The average Bonchev–Trinajstić information content (AvgIpc) is 3.02. The largest absolute Gasteiger partial charge is 0.479 e. The first-order valence-electron chi connectivity index (χ1n) is 6.63. The molecule has 0 atom stereocenters. The summed E-state index contributed by atoms with van der Waals surface area (Å²) in [6.07, 6.45) is 1.41. The summed E-state index contributed by atoms with van der Waals surface area (Å²) >= 11 is 6.04. The van der Waals surface area contributed by atoms with E-state index in [-0.39, 0.29) is 22.7 Å². The molecule has 0 saturated heterocycles. The van der Waals surface area contributed by atoms with Gasteiger partial charge in [-0.05, 0) is 36.8 Å². The van der Waals surface area contributed by atoms with Gasteiger partial charge in [-0.25, -0.2) is 4.79 Å². The number of furan rings is 1. The Balaban J connectivity index is 2.30.